The van der Waals surface area contributed by atoms with Gasteiger partial charge >= 0.3 is 0 Å². The summed E-state index contributed by atoms with van der Waals surface area (Å²) in [6, 6.07) is 5.98. The first-order chi connectivity index (χ1) is 9.67. The van der Waals surface area contributed by atoms with Crippen LogP contribution < -0.4 is 5.73 Å². The van der Waals surface area contributed by atoms with E-state index in [9.17, 15) is 0 Å². The van der Waals surface area contributed by atoms with Gasteiger partial charge in [-0.05, 0) is 52.3 Å². The van der Waals surface area contributed by atoms with Crippen LogP contribution in [0, 0.1) is 0 Å². The summed E-state index contributed by atoms with van der Waals surface area (Å²) in [4.78, 5) is 15.2. The predicted octanol–water partition coefficient (Wildman–Crippen LogP) is 4.14. The van der Waals surface area contributed by atoms with Crippen LogP contribution in [0.5, 0.6) is 0 Å². The Bertz CT molecular complexity index is 772. The number of pyridine rings is 1. The average Bonchev–Trinajstić information content (AvgIpc) is 2.84. The van der Waals surface area contributed by atoms with Gasteiger partial charge in [-0.2, -0.15) is 0 Å². The third kappa shape index (κ3) is 2.65. The smallest absolute Gasteiger partial charge is 0.222 e. The van der Waals surface area contributed by atoms with E-state index < -0.39 is 0 Å². The SMILES string of the molecule is CCc1cc2c(Sc3ncccc3Br)nc(N)nc2s1. The first kappa shape index (κ1) is 13.8. The number of nitrogens with zero attached hydrogens (tertiary/aromatic N) is 3. The molecule has 0 saturated heterocycles. The zero-order valence-corrected chi connectivity index (χ0v) is 13.8. The Morgan fingerprint density at radius 1 is 1.35 bits per heavy atom. The normalized spacial score (nSPS) is 11.1. The number of aryl methyl sites for hydroxylation is 1. The van der Waals surface area contributed by atoms with Crippen molar-refractivity contribution in [2.75, 3.05) is 5.73 Å². The van der Waals surface area contributed by atoms with Crippen LogP contribution in [-0.2, 0) is 6.42 Å². The van der Waals surface area contributed by atoms with Gasteiger partial charge in [-0.1, -0.05) is 6.92 Å². The molecule has 0 spiro atoms. The molecule has 3 aromatic rings. The largest absolute Gasteiger partial charge is 0.368 e. The van der Waals surface area contributed by atoms with Crippen LogP contribution in [0.25, 0.3) is 10.2 Å². The van der Waals surface area contributed by atoms with E-state index in [1.165, 1.54) is 16.6 Å². The Morgan fingerprint density at radius 3 is 2.95 bits per heavy atom. The molecule has 3 aromatic heterocycles. The number of fused-ring (bicyclic) bond motifs is 1. The van der Waals surface area contributed by atoms with Crippen molar-refractivity contribution in [1.29, 1.82) is 0 Å². The summed E-state index contributed by atoms with van der Waals surface area (Å²) in [6.07, 6.45) is 2.75. The van der Waals surface area contributed by atoms with Crippen LogP contribution in [0.4, 0.5) is 5.95 Å². The topological polar surface area (TPSA) is 64.7 Å². The van der Waals surface area contributed by atoms with Crippen LogP contribution in [0.1, 0.15) is 11.8 Å². The van der Waals surface area contributed by atoms with E-state index in [-0.39, 0.29) is 0 Å². The molecule has 0 aliphatic rings. The van der Waals surface area contributed by atoms with Gasteiger partial charge in [-0.25, -0.2) is 15.0 Å². The third-order valence-corrected chi connectivity index (χ3v) is 5.79. The number of thiophene rings is 1. The van der Waals surface area contributed by atoms with Gasteiger partial charge in [0.15, 0.2) is 0 Å². The van der Waals surface area contributed by atoms with Crippen molar-refractivity contribution >= 4 is 55.2 Å². The van der Waals surface area contributed by atoms with Crippen LogP contribution >= 0.6 is 39.0 Å². The van der Waals surface area contributed by atoms with E-state index in [2.05, 4.69) is 43.9 Å². The molecular formula is C13H11BrN4S2. The lowest BCUT2D eigenvalue weighted by Gasteiger charge is -2.04. The molecule has 4 nitrogen and oxygen atoms in total. The minimum absolute atomic E-state index is 0.302. The Hall–Kier alpha value is -1.18. The summed E-state index contributed by atoms with van der Waals surface area (Å²) in [7, 11) is 0. The van der Waals surface area contributed by atoms with Crippen molar-refractivity contribution in [1.82, 2.24) is 15.0 Å². The average molecular weight is 367 g/mol. The first-order valence-corrected chi connectivity index (χ1v) is 8.44. The maximum absolute atomic E-state index is 5.81. The zero-order valence-electron chi connectivity index (χ0n) is 10.6. The van der Waals surface area contributed by atoms with Crippen molar-refractivity contribution in [3.63, 3.8) is 0 Å². The van der Waals surface area contributed by atoms with Gasteiger partial charge < -0.3 is 5.73 Å². The first-order valence-electron chi connectivity index (χ1n) is 6.01. The number of hydrogen-bond acceptors (Lipinski definition) is 6. The molecule has 7 heteroatoms. The molecule has 2 N–H and O–H groups in total. The second kappa shape index (κ2) is 5.67. The third-order valence-electron chi connectivity index (χ3n) is 2.69. The number of halogens is 1. The number of nitrogens with two attached hydrogens (primary N) is 1. The Kier molecular flexibility index (Phi) is 3.91. The van der Waals surface area contributed by atoms with Crippen molar-refractivity contribution in [3.05, 3.63) is 33.7 Å². The summed E-state index contributed by atoms with van der Waals surface area (Å²) in [5.41, 5.74) is 5.81. The number of hydrogen-bond donors (Lipinski definition) is 1. The minimum atomic E-state index is 0.302. The molecule has 102 valence electrons. The van der Waals surface area contributed by atoms with Gasteiger partial charge in [0.1, 0.15) is 14.9 Å². The van der Waals surface area contributed by atoms with Crippen molar-refractivity contribution in [2.45, 2.75) is 23.4 Å². The highest BCUT2D eigenvalue weighted by Crippen LogP contribution is 2.37. The molecule has 0 atom stereocenters. The molecule has 0 aliphatic heterocycles. The van der Waals surface area contributed by atoms with Crippen LogP contribution in [0.2, 0.25) is 0 Å². The molecule has 0 unspecified atom stereocenters. The van der Waals surface area contributed by atoms with Gasteiger partial charge in [-0.15, -0.1) is 11.3 Å². The summed E-state index contributed by atoms with van der Waals surface area (Å²) >= 11 is 6.66. The fourth-order valence-electron chi connectivity index (χ4n) is 1.75. The minimum Gasteiger partial charge on any atom is -0.368 e. The number of anilines is 1. The molecular weight excluding hydrogens is 356 g/mol. The van der Waals surface area contributed by atoms with E-state index >= 15 is 0 Å². The summed E-state index contributed by atoms with van der Waals surface area (Å²) < 4.78 is 0.946. The molecule has 0 aromatic carbocycles. The second-order valence-corrected chi connectivity index (χ2v) is 7.01. The van der Waals surface area contributed by atoms with E-state index in [1.807, 2.05) is 12.1 Å². The Labute approximate surface area is 133 Å². The highest BCUT2D eigenvalue weighted by molar-refractivity contribution is 9.10. The fraction of sp³-hybridized carbons (Fsp3) is 0.154. The summed E-state index contributed by atoms with van der Waals surface area (Å²) in [6.45, 7) is 2.13. The fourth-order valence-corrected chi connectivity index (χ4v) is 4.15. The maximum Gasteiger partial charge on any atom is 0.222 e. The van der Waals surface area contributed by atoms with Gasteiger partial charge in [0.2, 0.25) is 5.95 Å². The van der Waals surface area contributed by atoms with E-state index in [0.29, 0.717) is 5.95 Å². The summed E-state index contributed by atoms with van der Waals surface area (Å²) in [5.74, 6) is 0.302. The van der Waals surface area contributed by atoms with E-state index in [4.69, 9.17) is 5.73 Å². The monoisotopic (exact) mass is 366 g/mol. The number of aromatic nitrogens is 3. The molecule has 0 saturated carbocycles. The van der Waals surface area contributed by atoms with Gasteiger partial charge in [0.25, 0.3) is 0 Å². The molecule has 20 heavy (non-hydrogen) atoms. The highest BCUT2D eigenvalue weighted by Gasteiger charge is 2.13. The molecule has 0 fully saturated rings. The van der Waals surface area contributed by atoms with Crippen LogP contribution in [-0.4, -0.2) is 15.0 Å². The highest BCUT2D eigenvalue weighted by atomic mass is 79.9. The molecule has 0 radical (unpaired) electrons. The zero-order chi connectivity index (χ0) is 14.1. The molecule has 3 heterocycles. The van der Waals surface area contributed by atoms with Crippen molar-refractivity contribution < 1.29 is 0 Å². The lowest BCUT2D eigenvalue weighted by atomic mass is 10.3. The van der Waals surface area contributed by atoms with Gasteiger partial charge in [0, 0.05) is 16.5 Å². The second-order valence-electron chi connectivity index (χ2n) is 4.06. The molecule has 0 amide bonds. The van der Waals surface area contributed by atoms with Crippen LogP contribution in [0.15, 0.2) is 38.9 Å². The predicted molar refractivity (Wildman–Crippen MR) is 87.3 cm³/mol. The van der Waals surface area contributed by atoms with Gasteiger partial charge in [0.05, 0.1) is 4.47 Å². The van der Waals surface area contributed by atoms with Crippen LogP contribution in [0.3, 0.4) is 0 Å². The van der Waals surface area contributed by atoms with Gasteiger partial charge in [-0.3, -0.25) is 0 Å². The van der Waals surface area contributed by atoms with E-state index in [1.54, 1.807) is 17.5 Å². The standard InChI is InChI=1S/C13H11BrN4S2/c1-2-7-6-8-10(19-7)17-13(15)18-11(8)20-12-9(14)4-3-5-16-12/h3-6H,2H2,1H3,(H2,15,17,18). The lowest BCUT2D eigenvalue weighted by molar-refractivity contribution is 1.08. The molecule has 3 rings (SSSR count). The summed E-state index contributed by atoms with van der Waals surface area (Å²) in [5, 5.41) is 2.77. The van der Waals surface area contributed by atoms with Crippen molar-refractivity contribution in [2.24, 2.45) is 0 Å². The Morgan fingerprint density at radius 2 is 2.20 bits per heavy atom. The Balaban J connectivity index is 2.11. The number of rotatable bonds is 3. The molecule has 0 aliphatic carbocycles. The number of nitrogen functional groups attached to an aromatic ring is 1. The van der Waals surface area contributed by atoms with E-state index in [0.717, 1.165) is 31.2 Å². The van der Waals surface area contributed by atoms with Crippen molar-refractivity contribution in [3.8, 4) is 0 Å². The quantitative estimate of drug-likeness (QED) is 0.705. The lowest BCUT2D eigenvalue weighted by Crippen LogP contribution is -1.95. The maximum atomic E-state index is 5.81. The molecule has 0 bridgehead atoms.